The average molecular weight is 451 g/mol. The molecule has 5 nitrogen and oxygen atoms in total. The molecule has 0 saturated heterocycles. The first kappa shape index (κ1) is 19.2. The number of amides is 1. The third-order valence-electron chi connectivity index (χ3n) is 4.95. The maximum Gasteiger partial charge on any atom is 0.290 e. The number of aliphatic hydroxyl groups excluding tert-OH is 1. The summed E-state index contributed by atoms with van der Waals surface area (Å²) in [5.41, 5.74) is 3.02. The second kappa shape index (κ2) is 8.09. The van der Waals surface area contributed by atoms with Crippen molar-refractivity contribution in [3.8, 4) is 5.75 Å². The third-order valence-corrected chi connectivity index (χ3v) is 5.48. The van der Waals surface area contributed by atoms with E-state index in [1.54, 1.807) is 18.2 Å². The average Bonchev–Trinajstić information content (AvgIpc) is 3.00. The first-order chi connectivity index (χ1) is 14.1. The minimum absolute atomic E-state index is 0.237. The van der Waals surface area contributed by atoms with Gasteiger partial charge in [-0.15, -0.1) is 0 Å². The van der Waals surface area contributed by atoms with Crippen LogP contribution in [0.2, 0.25) is 0 Å². The lowest BCUT2D eigenvalue weighted by Gasteiger charge is -2.27. The zero-order chi connectivity index (χ0) is 20.4. The van der Waals surface area contributed by atoms with Crippen LogP contribution in [0.25, 0.3) is 5.57 Å². The molecule has 0 spiro atoms. The molecule has 6 heteroatoms. The van der Waals surface area contributed by atoms with E-state index in [1.165, 1.54) is 0 Å². The van der Waals surface area contributed by atoms with Gasteiger partial charge in [-0.25, -0.2) is 0 Å². The summed E-state index contributed by atoms with van der Waals surface area (Å²) in [5.74, 6) is 0.0668. The first-order valence-electron chi connectivity index (χ1n) is 9.12. The van der Waals surface area contributed by atoms with E-state index in [9.17, 15) is 9.90 Å². The highest BCUT2D eigenvalue weighted by Gasteiger charge is 2.41. The van der Waals surface area contributed by atoms with Gasteiger partial charge in [-0.3, -0.25) is 9.78 Å². The lowest BCUT2D eigenvalue weighted by molar-refractivity contribution is -0.130. The number of methoxy groups -OCH3 is 1. The van der Waals surface area contributed by atoms with Crippen LogP contribution < -0.4 is 4.74 Å². The Labute approximate surface area is 177 Å². The smallest absolute Gasteiger partial charge is 0.290 e. The summed E-state index contributed by atoms with van der Waals surface area (Å²) >= 11 is 3.46. The van der Waals surface area contributed by atoms with Crippen molar-refractivity contribution in [2.45, 2.75) is 12.6 Å². The zero-order valence-electron chi connectivity index (χ0n) is 15.7. The van der Waals surface area contributed by atoms with Crippen molar-refractivity contribution in [2.24, 2.45) is 0 Å². The standard InChI is InChI=1S/C23H19BrN2O3/c1-29-19-11-7-15(8-12-19)20-21(16-5-9-17(24)10-6-16)26(23(28)22(20)27)14-18-4-2-3-13-25-18/h2-13,21,27H,14H2,1H3/t21-/m0/s1. The van der Waals surface area contributed by atoms with Crippen LogP contribution in [-0.4, -0.2) is 28.0 Å². The van der Waals surface area contributed by atoms with Gasteiger partial charge in [0.15, 0.2) is 5.76 Å². The molecule has 1 N–H and O–H groups in total. The van der Waals surface area contributed by atoms with Crippen LogP contribution in [0.4, 0.5) is 0 Å². The second-order valence-electron chi connectivity index (χ2n) is 6.70. The van der Waals surface area contributed by atoms with Gasteiger partial charge in [-0.2, -0.15) is 0 Å². The van der Waals surface area contributed by atoms with Gasteiger partial charge in [0.1, 0.15) is 5.75 Å². The molecule has 0 aliphatic carbocycles. The molecule has 1 aromatic heterocycles. The first-order valence-corrected chi connectivity index (χ1v) is 9.91. The highest BCUT2D eigenvalue weighted by atomic mass is 79.9. The van der Waals surface area contributed by atoms with Crippen LogP contribution in [0.1, 0.15) is 22.9 Å². The Morgan fingerprint density at radius 3 is 2.41 bits per heavy atom. The second-order valence-corrected chi connectivity index (χ2v) is 7.61. The number of halogens is 1. The maximum absolute atomic E-state index is 13.0. The lowest BCUT2D eigenvalue weighted by atomic mass is 9.93. The highest BCUT2D eigenvalue weighted by Crippen LogP contribution is 2.44. The summed E-state index contributed by atoms with van der Waals surface area (Å²) < 4.78 is 6.18. The summed E-state index contributed by atoms with van der Waals surface area (Å²) in [7, 11) is 1.60. The Balaban J connectivity index is 1.80. The molecule has 0 saturated carbocycles. The molecule has 1 aliphatic rings. The number of rotatable bonds is 5. The highest BCUT2D eigenvalue weighted by molar-refractivity contribution is 9.10. The summed E-state index contributed by atoms with van der Waals surface area (Å²) in [4.78, 5) is 19.0. The Morgan fingerprint density at radius 1 is 1.07 bits per heavy atom. The summed E-state index contributed by atoms with van der Waals surface area (Å²) in [6.07, 6.45) is 1.70. The number of benzene rings is 2. The Morgan fingerprint density at radius 2 is 1.79 bits per heavy atom. The van der Waals surface area contributed by atoms with Crippen LogP contribution >= 0.6 is 15.9 Å². The molecule has 4 rings (SSSR count). The summed E-state index contributed by atoms with van der Waals surface area (Å²) in [6, 6.07) is 20.3. The van der Waals surface area contributed by atoms with E-state index >= 15 is 0 Å². The SMILES string of the molecule is COc1ccc(C2=C(O)C(=O)N(Cc3ccccn3)[C@H]2c2ccc(Br)cc2)cc1. The number of nitrogens with zero attached hydrogens (tertiary/aromatic N) is 2. The number of ether oxygens (including phenoxy) is 1. The molecule has 2 heterocycles. The zero-order valence-corrected chi connectivity index (χ0v) is 17.3. The van der Waals surface area contributed by atoms with E-state index in [0.29, 0.717) is 17.9 Å². The van der Waals surface area contributed by atoms with Crippen molar-refractivity contribution in [1.82, 2.24) is 9.88 Å². The van der Waals surface area contributed by atoms with Gasteiger partial charge in [0, 0.05) is 16.2 Å². The van der Waals surface area contributed by atoms with Gasteiger partial charge < -0.3 is 14.7 Å². The molecule has 0 unspecified atom stereocenters. The van der Waals surface area contributed by atoms with Crippen LogP contribution in [0.15, 0.2) is 83.2 Å². The molecule has 146 valence electrons. The van der Waals surface area contributed by atoms with Crippen molar-refractivity contribution >= 4 is 27.4 Å². The quantitative estimate of drug-likeness (QED) is 0.599. The van der Waals surface area contributed by atoms with Crippen molar-refractivity contribution in [1.29, 1.82) is 0 Å². The Kier molecular flexibility index (Phi) is 5.36. The minimum Gasteiger partial charge on any atom is -0.503 e. The number of aliphatic hydroxyl groups is 1. The topological polar surface area (TPSA) is 62.7 Å². The van der Waals surface area contributed by atoms with E-state index in [-0.39, 0.29) is 5.76 Å². The normalized spacial score (nSPS) is 16.4. The largest absolute Gasteiger partial charge is 0.503 e. The molecule has 0 fully saturated rings. The fourth-order valence-corrected chi connectivity index (χ4v) is 3.80. The Bertz CT molecular complexity index is 1050. The summed E-state index contributed by atoms with van der Waals surface area (Å²) in [6.45, 7) is 0.296. The Hall–Kier alpha value is -3.12. The monoisotopic (exact) mass is 450 g/mol. The van der Waals surface area contributed by atoms with Gasteiger partial charge in [0.2, 0.25) is 0 Å². The molecule has 3 aromatic rings. The molecule has 1 amide bonds. The van der Waals surface area contributed by atoms with E-state index < -0.39 is 11.9 Å². The van der Waals surface area contributed by atoms with E-state index in [1.807, 2.05) is 66.7 Å². The number of hydrogen-bond acceptors (Lipinski definition) is 4. The predicted octanol–water partition coefficient (Wildman–Crippen LogP) is 4.91. The van der Waals surface area contributed by atoms with Gasteiger partial charge >= 0.3 is 0 Å². The molecule has 0 bridgehead atoms. The number of carbonyl (C=O) groups is 1. The number of hydrogen-bond donors (Lipinski definition) is 1. The molecule has 29 heavy (non-hydrogen) atoms. The van der Waals surface area contributed by atoms with Gasteiger partial charge in [-0.1, -0.05) is 46.3 Å². The van der Waals surface area contributed by atoms with Crippen LogP contribution in [0.3, 0.4) is 0 Å². The number of carbonyl (C=O) groups excluding carboxylic acids is 1. The third kappa shape index (κ3) is 3.76. The number of pyridine rings is 1. The molecule has 1 aliphatic heterocycles. The van der Waals surface area contributed by atoms with Crippen molar-refractivity contribution in [3.63, 3.8) is 0 Å². The van der Waals surface area contributed by atoms with E-state index in [4.69, 9.17) is 4.74 Å². The fraction of sp³-hybridized carbons (Fsp3) is 0.130. The van der Waals surface area contributed by atoms with Gasteiger partial charge in [0.25, 0.3) is 5.91 Å². The predicted molar refractivity (Wildman–Crippen MR) is 114 cm³/mol. The van der Waals surface area contributed by atoms with E-state index in [0.717, 1.165) is 21.3 Å². The van der Waals surface area contributed by atoms with Crippen molar-refractivity contribution in [3.05, 3.63) is 100.0 Å². The van der Waals surface area contributed by atoms with E-state index in [2.05, 4.69) is 20.9 Å². The number of aromatic nitrogens is 1. The van der Waals surface area contributed by atoms with Crippen LogP contribution in [0.5, 0.6) is 5.75 Å². The molecular formula is C23H19BrN2O3. The van der Waals surface area contributed by atoms with Crippen LogP contribution in [0, 0.1) is 0 Å². The van der Waals surface area contributed by atoms with Crippen molar-refractivity contribution < 1.29 is 14.6 Å². The fourth-order valence-electron chi connectivity index (χ4n) is 3.54. The molecule has 1 atom stereocenters. The molecule has 0 radical (unpaired) electrons. The summed E-state index contributed by atoms with van der Waals surface area (Å²) in [5, 5.41) is 10.8. The lowest BCUT2D eigenvalue weighted by Crippen LogP contribution is -2.30. The maximum atomic E-state index is 13.0. The minimum atomic E-state index is -0.425. The van der Waals surface area contributed by atoms with Gasteiger partial charge in [0.05, 0.1) is 25.4 Å². The molecular weight excluding hydrogens is 432 g/mol. The molecule has 2 aromatic carbocycles. The van der Waals surface area contributed by atoms with Crippen molar-refractivity contribution in [2.75, 3.05) is 7.11 Å². The van der Waals surface area contributed by atoms with Crippen LogP contribution in [-0.2, 0) is 11.3 Å². The van der Waals surface area contributed by atoms with Gasteiger partial charge in [-0.05, 0) is 47.5 Å².